The molecular formula is C17H24N2O2. The van der Waals surface area contributed by atoms with Crippen molar-refractivity contribution in [1.29, 1.82) is 0 Å². The van der Waals surface area contributed by atoms with E-state index in [4.69, 9.17) is 15.2 Å². The van der Waals surface area contributed by atoms with Gasteiger partial charge in [0, 0.05) is 31.4 Å². The van der Waals surface area contributed by atoms with Gasteiger partial charge in [-0.1, -0.05) is 11.8 Å². The summed E-state index contributed by atoms with van der Waals surface area (Å²) in [6, 6.07) is 8.45. The van der Waals surface area contributed by atoms with Gasteiger partial charge in [-0.15, -0.1) is 0 Å². The van der Waals surface area contributed by atoms with E-state index >= 15 is 0 Å². The van der Waals surface area contributed by atoms with Gasteiger partial charge in [-0.05, 0) is 44.2 Å². The lowest BCUT2D eigenvalue weighted by molar-refractivity contribution is 0.0392. The number of likely N-dealkylation sites (N-methyl/N-ethyl adjacent to an activating group) is 1. The molecule has 0 aliphatic carbocycles. The molecule has 1 aromatic carbocycles. The van der Waals surface area contributed by atoms with Crippen LogP contribution < -0.4 is 10.5 Å². The van der Waals surface area contributed by atoms with Gasteiger partial charge in [0.05, 0.1) is 6.54 Å². The number of hydrogen-bond acceptors (Lipinski definition) is 4. The molecule has 4 heteroatoms. The van der Waals surface area contributed by atoms with Crippen molar-refractivity contribution in [3.63, 3.8) is 0 Å². The highest BCUT2D eigenvalue weighted by Gasteiger charge is 2.17. The fourth-order valence-electron chi connectivity index (χ4n) is 2.40. The Balaban J connectivity index is 1.72. The zero-order valence-electron chi connectivity index (χ0n) is 12.7. The maximum absolute atomic E-state index is 5.78. The van der Waals surface area contributed by atoms with E-state index in [2.05, 4.69) is 23.8 Å². The number of benzene rings is 1. The van der Waals surface area contributed by atoms with Gasteiger partial charge in [0.25, 0.3) is 0 Å². The van der Waals surface area contributed by atoms with Crippen molar-refractivity contribution in [3.05, 3.63) is 29.8 Å². The Morgan fingerprint density at radius 3 is 2.67 bits per heavy atom. The Hall–Kier alpha value is -1.54. The lowest BCUT2D eigenvalue weighted by atomic mass is 10.1. The van der Waals surface area contributed by atoms with E-state index in [0.717, 1.165) is 43.9 Å². The fraction of sp³-hybridized carbons (Fsp3) is 0.529. The Morgan fingerprint density at radius 1 is 1.29 bits per heavy atom. The van der Waals surface area contributed by atoms with E-state index in [9.17, 15) is 0 Å². The quantitative estimate of drug-likeness (QED) is 0.834. The first kappa shape index (κ1) is 15.8. The summed E-state index contributed by atoms with van der Waals surface area (Å²) in [6.07, 6.45) is 2.23. The molecule has 0 aromatic heterocycles. The minimum Gasteiger partial charge on any atom is -0.492 e. The highest BCUT2D eigenvalue weighted by molar-refractivity contribution is 5.38. The van der Waals surface area contributed by atoms with Crippen LogP contribution >= 0.6 is 0 Å². The van der Waals surface area contributed by atoms with E-state index in [0.29, 0.717) is 19.2 Å². The molecule has 2 rings (SSSR count). The summed E-state index contributed by atoms with van der Waals surface area (Å²) in [6.45, 7) is 3.76. The normalized spacial score (nSPS) is 15.6. The number of rotatable bonds is 5. The monoisotopic (exact) mass is 288 g/mol. The van der Waals surface area contributed by atoms with Gasteiger partial charge < -0.3 is 15.2 Å². The predicted molar refractivity (Wildman–Crippen MR) is 84.3 cm³/mol. The van der Waals surface area contributed by atoms with E-state index in [1.807, 2.05) is 24.3 Å². The highest BCUT2D eigenvalue weighted by atomic mass is 16.5. The lowest BCUT2D eigenvalue weighted by Gasteiger charge is -2.30. The Kier molecular flexibility index (Phi) is 6.55. The van der Waals surface area contributed by atoms with Crippen LogP contribution in [0.3, 0.4) is 0 Å². The van der Waals surface area contributed by atoms with Crippen molar-refractivity contribution in [2.24, 2.45) is 5.73 Å². The third kappa shape index (κ3) is 5.39. The van der Waals surface area contributed by atoms with Crippen LogP contribution in [0.4, 0.5) is 0 Å². The number of ether oxygens (including phenoxy) is 2. The Labute approximate surface area is 127 Å². The minimum atomic E-state index is 0.386. The molecule has 0 spiro atoms. The second-order valence-corrected chi connectivity index (χ2v) is 5.20. The van der Waals surface area contributed by atoms with Crippen molar-refractivity contribution < 1.29 is 9.47 Å². The van der Waals surface area contributed by atoms with Gasteiger partial charge in [0.15, 0.2) is 0 Å². The van der Waals surface area contributed by atoms with Gasteiger partial charge in [0.1, 0.15) is 12.4 Å². The molecule has 1 aromatic rings. The maximum Gasteiger partial charge on any atom is 0.119 e. The molecule has 1 saturated heterocycles. The molecule has 21 heavy (non-hydrogen) atoms. The smallest absolute Gasteiger partial charge is 0.119 e. The SMILES string of the molecule is CN(CCOc1ccc(C#CCN)cc1)C1CCOCC1. The van der Waals surface area contributed by atoms with Crippen LogP contribution in [-0.2, 0) is 4.74 Å². The topological polar surface area (TPSA) is 47.7 Å². The van der Waals surface area contributed by atoms with E-state index in [-0.39, 0.29) is 0 Å². The van der Waals surface area contributed by atoms with Gasteiger partial charge in [-0.2, -0.15) is 0 Å². The van der Waals surface area contributed by atoms with Crippen LogP contribution in [0.15, 0.2) is 24.3 Å². The lowest BCUT2D eigenvalue weighted by Crippen LogP contribution is -2.38. The Bertz CT molecular complexity index is 470. The van der Waals surface area contributed by atoms with Crippen LogP contribution in [0, 0.1) is 11.8 Å². The van der Waals surface area contributed by atoms with Gasteiger partial charge in [-0.25, -0.2) is 0 Å². The van der Waals surface area contributed by atoms with Crippen LogP contribution in [0.5, 0.6) is 5.75 Å². The van der Waals surface area contributed by atoms with E-state index in [1.54, 1.807) is 0 Å². The molecule has 1 fully saturated rings. The van der Waals surface area contributed by atoms with E-state index < -0.39 is 0 Å². The summed E-state index contributed by atoms with van der Waals surface area (Å²) in [5.74, 6) is 6.72. The maximum atomic E-state index is 5.78. The summed E-state index contributed by atoms with van der Waals surface area (Å²) in [5.41, 5.74) is 6.32. The van der Waals surface area contributed by atoms with Gasteiger partial charge in [0.2, 0.25) is 0 Å². The predicted octanol–water partition coefficient (Wildman–Crippen LogP) is 1.49. The third-order valence-corrected chi connectivity index (χ3v) is 3.72. The standard InChI is InChI=1S/C17H24N2O2/c1-19(16-8-12-20-13-9-16)11-14-21-17-6-4-15(5-7-17)3-2-10-18/h4-7,16H,8-14,18H2,1H3. The molecular weight excluding hydrogens is 264 g/mol. The largest absolute Gasteiger partial charge is 0.492 e. The van der Waals surface area contributed by atoms with Crippen molar-refractivity contribution in [2.75, 3.05) is 40.0 Å². The third-order valence-electron chi connectivity index (χ3n) is 3.72. The first-order valence-corrected chi connectivity index (χ1v) is 7.49. The molecule has 1 heterocycles. The molecule has 0 bridgehead atoms. The van der Waals surface area contributed by atoms with Crippen molar-refractivity contribution in [2.45, 2.75) is 18.9 Å². The molecule has 1 aliphatic heterocycles. The average molecular weight is 288 g/mol. The van der Waals surface area contributed by atoms with Crippen molar-refractivity contribution in [3.8, 4) is 17.6 Å². The van der Waals surface area contributed by atoms with Gasteiger partial charge in [-0.3, -0.25) is 4.90 Å². The molecule has 114 valence electrons. The molecule has 0 radical (unpaired) electrons. The molecule has 0 saturated carbocycles. The average Bonchev–Trinajstić information content (AvgIpc) is 2.55. The first-order valence-electron chi connectivity index (χ1n) is 7.49. The highest BCUT2D eigenvalue weighted by Crippen LogP contribution is 2.14. The Morgan fingerprint density at radius 2 is 2.00 bits per heavy atom. The molecule has 4 nitrogen and oxygen atoms in total. The summed E-state index contributed by atoms with van der Waals surface area (Å²) in [7, 11) is 2.16. The van der Waals surface area contributed by atoms with Crippen LogP contribution in [0.1, 0.15) is 18.4 Å². The molecule has 2 N–H and O–H groups in total. The van der Waals surface area contributed by atoms with Crippen molar-refractivity contribution in [1.82, 2.24) is 4.90 Å². The number of nitrogens with two attached hydrogens (primary N) is 1. The van der Waals surface area contributed by atoms with Crippen molar-refractivity contribution >= 4 is 0 Å². The minimum absolute atomic E-state index is 0.386. The summed E-state index contributed by atoms with van der Waals surface area (Å²) in [4.78, 5) is 2.36. The summed E-state index contributed by atoms with van der Waals surface area (Å²) in [5, 5.41) is 0. The summed E-state index contributed by atoms with van der Waals surface area (Å²) >= 11 is 0. The fourth-order valence-corrected chi connectivity index (χ4v) is 2.40. The molecule has 0 atom stereocenters. The molecule has 0 unspecified atom stereocenters. The zero-order chi connectivity index (χ0) is 14.9. The molecule has 1 aliphatic rings. The van der Waals surface area contributed by atoms with Crippen LogP contribution in [0.2, 0.25) is 0 Å². The zero-order valence-corrected chi connectivity index (χ0v) is 12.7. The molecule has 0 amide bonds. The second kappa shape index (κ2) is 8.68. The van der Waals surface area contributed by atoms with Gasteiger partial charge >= 0.3 is 0 Å². The van der Waals surface area contributed by atoms with E-state index in [1.165, 1.54) is 0 Å². The first-order chi connectivity index (χ1) is 10.3. The van der Waals surface area contributed by atoms with Crippen LogP contribution in [-0.4, -0.2) is 50.9 Å². The number of nitrogens with zero attached hydrogens (tertiary/aromatic N) is 1. The van der Waals surface area contributed by atoms with Crippen LogP contribution in [0.25, 0.3) is 0 Å². The number of hydrogen-bond donors (Lipinski definition) is 1. The summed E-state index contributed by atoms with van der Waals surface area (Å²) < 4.78 is 11.2. The second-order valence-electron chi connectivity index (χ2n) is 5.20.